The molecule has 1 atom stereocenters. The Kier molecular flexibility index (Phi) is 6.61. The molecule has 1 aromatic heterocycles. The van der Waals surface area contributed by atoms with Gasteiger partial charge >= 0.3 is 0 Å². The second-order valence-corrected chi connectivity index (χ2v) is 9.20. The van der Waals surface area contributed by atoms with Gasteiger partial charge in [-0.05, 0) is 53.9 Å². The molecule has 1 amide bonds. The molecule has 192 valence electrons. The number of nitro groups is 1. The number of nitrogens with one attached hydrogen (secondary N) is 1. The number of nitro benzene ring substituents is 1. The standard InChI is InChI=1S/C28H22ClN3O6/c1-38-19-10-11-23-21(14-19)17(15-30-23)12-13-31-25(20-4-2-3-5-22(20)29)24(27(34)28(31)35)26(33)16-6-8-18(9-7-16)32(36)37/h2-11,14-15,25,30,33H,12-13H2,1H3/t25-/m0/s1. The van der Waals surface area contributed by atoms with Crippen molar-refractivity contribution in [1.82, 2.24) is 9.88 Å². The number of hydrogen-bond donors (Lipinski definition) is 2. The molecule has 2 N–H and O–H groups in total. The minimum atomic E-state index is -0.946. The predicted molar refractivity (Wildman–Crippen MR) is 142 cm³/mol. The van der Waals surface area contributed by atoms with E-state index < -0.39 is 28.4 Å². The molecule has 0 spiro atoms. The topological polar surface area (TPSA) is 126 Å². The lowest BCUT2D eigenvalue weighted by Gasteiger charge is -2.26. The lowest BCUT2D eigenvalue weighted by Crippen LogP contribution is -2.31. The number of aliphatic hydroxyl groups is 1. The van der Waals surface area contributed by atoms with Gasteiger partial charge in [-0.25, -0.2) is 0 Å². The SMILES string of the molecule is COc1ccc2[nH]cc(CCN3C(=O)C(=O)C(=C(O)c4ccc([N+](=O)[O-])cc4)[C@@H]3c3ccccc3Cl)c2c1. The van der Waals surface area contributed by atoms with Gasteiger partial charge in [0, 0.05) is 46.4 Å². The van der Waals surface area contributed by atoms with Crippen molar-refractivity contribution in [1.29, 1.82) is 0 Å². The number of ketones is 1. The van der Waals surface area contributed by atoms with Gasteiger partial charge in [-0.3, -0.25) is 19.7 Å². The second kappa shape index (κ2) is 10.0. The molecule has 5 rings (SSSR count). The quantitative estimate of drug-likeness (QED) is 0.108. The first-order valence-electron chi connectivity index (χ1n) is 11.7. The van der Waals surface area contributed by atoms with Crippen LogP contribution in [0.25, 0.3) is 16.7 Å². The number of rotatable bonds is 7. The summed E-state index contributed by atoms with van der Waals surface area (Å²) in [6, 6.07) is 16.6. The van der Waals surface area contributed by atoms with E-state index in [-0.39, 0.29) is 23.4 Å². The fraction of sp³-hybridized carbons (Fsp3) is 0.143. The van der Waals surface area contributed by atoms with Crippen molar-refractivity contribution in [3.63, 3.8) is 0 Å². The number of aromatic nitrogens is 1. The maximum absolute atomic E-state index is 13.3. The second-order valence-electron chi connectivity index (χ2n) is 8.79. The van der Waals surface area contributed by atoms with Crippen LogP contribution in [-0.2, 0) is 16.0 Å². The number of halogens is 1. The van der Waals surface area contributed by atoms with Crippen molar-refractivity contribution >= 4 is 45.6 Å². The van der Waals surface area contributed by atoms with Crippen molar-refractivity contribution in [2.24, 2.45) is 0 Å². The van der Waals surface area contributed by atoms with Gasteiger partial charge in [0.15, 0.2) is 0 Å². The van der Waals surface area contributed by atoms with E-state index in [1.807, 2.05) is 24.4 Å². The van der Waals surface area contributed by atoms with Crippen LogP contribution in [0.15, 0.2) is 78.5 Å². The van der Waals surface area contributed by atoms with E-state index in [0.29, 0.717) is 22.8 Å². The molecule has 0 saturated carbocycles. The van der Waals surface area contributed by atoms with E-state index >= 15 is 0 Å². The summed E-state index contributed by atoms with van der Waals surface area (Å²) in [5, 5.41) is 23.5. The Morgan fingerprint density at radius 3 is 2.55 bits per heavy atom. The highest BCUT2D eigenvalue weighted by atomic mass is 35.5. The first kappa shape index (κ1) is 25.0. The first-order chi connectivity index (χ1) is 18.3. The summed E-state index contributed by atoms with van der Waals surface area (Å²) in [5.41, 5.74) is 2.20. The van der Waals surface area contributed by atoms with Crippen molar-refractivity contribution in [2.75, 3.05) is 13.7 Å². The summed E-state index contributed by atoms with van der Waals surface area (Å²) in [7, 11) is 1.58. The van der Waals surface area contributed by atoms with Crippen LogP contribution in [0.3, 0.4) is 0 Å². The third kappa shape index (κ3) is 4.37. The number of benzene rings is 3. The monoisotopic (exact) mass is 531 g/mol. The zero-order valence-corrected chi connectivity index (χ0v) is 20.9. The van der Waals surface area contributed by atoms with Crippen molar-refractivity contribution < 1.29 is 24.4 Å². The van der Waals surface area contributed by atoms with Crippen LogP contribution in [0.1, 0.15) is 22.7 Å². The molecule has 38 heavy (non-hydrogen) atoms. The lowest BCUT2D eigenvalue weighted by atomic mass is 9.95. The molecule has 1 aliphatic heterocycles. The number of likely N-dealkylation sites (tertiary alicyclic amines) is 1. The number of Topliss-reactive ketones (excluding diaryl/α,β-unsaturated/α-hetero) is 1. The smallest absolute Gasteiger partial charge is 0.295 e. The van der Waals surface area contributed by atoms with E-state index in [4.69, 9.17) is 16.3 Å². The number of aromatic amines is 1. The highest BCUT2D eigenvalue weighted by Gasteiger charge is 2.46. The number of non-ortho nitro benzene ring substituents is 1. The van der Waals surface area contributed by atoms with E-state index in [1.165, 1.54) is 29.2 Å². The van der Waals surface area contributed by atoms with Crippen molar-refractivity contribution in [3.8, 4) is 5.75 Å². The average Bonchev–Trinajstić information content (AvgIpc) is 3.44. The molecular formula is C28H22ClN3O6. The maximum Gasteiger partial charge on any atom is 0.295 e. The van der Waals surface area contributed by atoms with Crippen molar-refractivity contribution in [2.45, 2.75) is 12.5 Å². The molecule has 10 heteroatoms. The van der Waals surface area contributed by atoms with E-state index in [1.54, 1.807) is 31.4 Å². The molecule has 0 radical (unpaired) electrons. The van der Waals surface area contributed by atoms with Gasteiger partial charge < -0.3 is 19.7 Å². The van der Waals surface area contributed by atoms with Gasteiger partial charge in [-0.1, -0.05) is 29.8 Å². The molecular weight excluding hydrogens is 510 g/mol. The number of carbonyl (C=O) groups is 2. The zero-order valence-electron chi connectivity index (χ0n) is 20.2. The van der Waals surface area contributed by atoms with Crippen LogP contribution in [0.5, 0.6) is 5.75 Å². The normalized spacial score (nSPS) is 16.8. The number of amides is 1. The molecule has 0 aliphatic carbocycles. The summed E-state index contributed by atoms with van der Waals surface area (Å²) < 4.78 is 5.34. The molecule has 0 unspecified atom stereocenters. The molecule has 4 aromatic rings. The molecule has 3 aromatic carbocycles. The molecule has 1 aliphatic rings. The minimum absolute atomic E-state index is 0.127. The number of aliphatic hydroxyl groups excluding tert-OH is 1. The maximum atomic E-state index is 13.3. The lowest BCUT2D eigenvalue weighted by molar-refractivity contribution is -0.384. The van der Waals surface area contributed by atoms with Gasteiger partial charge in [0.1, 0.15) is 11.5 Å². The van der Waals surface area contributed by atoms with Crippen LogP contribution >= 0.6 is 11.6 Å². The number of H-pyrrole nitrogens is 1. The molecule has 1 fully saturated rings. The van der Waals surface area contributed by atoms with Crippen LogP contribution in [0.4, 0.5) is 5.69 Å². The Balaban J connectivity index is 1.56. The van der Waals surface area contributed by atoms with E-state index in [9.17, 15) is 24.8 Å². The van der Waals surface area contributed by atoms with Crippen LogP contribution < -0.4 is 4.74 Å². The molecule has 1 saturated heterocycles. The number of fused-ring (bicyclic) bond motifs is 1. The van der Waals surface area contributed by atoms with Gasteiger partial charge in [-0.15, -0.1) is 0 Å². The first-order valence-corrected chi connectivity index (χ1v) is 12.1. The summed E-state index contributed by atoms with van der Waals surface area (Å²) in [5.74, 6) is -1.36. The van der Waals surface area contributed by atoms with Gasteiger partial charge in [0.05, 0.1) is 23.6 Å². The Bertz CT molecular complexity index is 1610. The third-order valence-electron chi connectivity index (χ3n) is 6.69. The fourth-order valence-corrected chi connectivity index (χ4v) is 5.00. The number of nitrogens with zero attached hydrogens (tertiary/aromatic N) is 2. The van der Waals surface area contributed by atoms with E-state index in [2.05, 4.69) is 4.98 Å². The summed E-state index contributed by atoms with van der Waals surface area (Å²) in [4.78, 5) is 41.6. The molecule has 9 nitrogen and oxygen atoms in total. The number of methoxy groups -OCH3 is 1. The minimum Gasteiger partial charge on any atom is -0.507 e. The number of hydrogen-bond acceptors (Lipinski definition) is 6. The largest absolute Gasteiger partial charge is 0.507 e. The Hall–Kier alpha value is -4.63. The van der Waals surface area contributed by atoms with Gasteiger partial charge in [-0.2, -0.15) is 0 Å². The summed E-state index contributed by atoms with van der Waals surface area (Å²) in [6.07, 6.45) is 2.26. The summed E-state index contributed by atoms with van der Waals surface area (Å²) in [6.45, 7) is 0.168. The van der Waals surface area contributed by atoms with Crippen LogP contribution in [-0.4, -0.2) is 45.3 Å². The number of carbonyl (C=O) groups excluding carboxylic acids is 2. The molecule has 0 bridgehead atoms. The van der Waals surface area contributed by atoms with Gasteiger partial charge in [0.2, 0.25) is 0 Å². The Labute approximate surface area is 222 Å². The highest BCUT2D eigenvalue weighted by molar-refractivity contribution is 6.47. The van der Waals surface area contributed by atoms with E-state index in [0.717, 1.165) is 16.5 Å². The average molecular weight is 532 g/mol. The molecule has 2 heterocycles. The predicted octanol–water partition coefficient (Wildman–Crippen LogP) is 5.40. The van der Waals surface area contributed by atoms with Gasteiger partial charge in [0.25, 0.3) is 17.4 Å². The van der Waals surface area contributed by atoms with Crippen LogP contribution in [0, 0.1) is 10.1 Å². The Morgan fingerprint density at radius 1 is 1.13 bits per heavy atom. The summed E-state index contributed by atoms with van der Waals surface area (Å²) >= 11 is 6.50. The van der Waals surface area contributed by atoms with Crippen LogP contribution in [0.2, 0.25) is 5.02 Å². The number of ether oxygens (including phenoxy) is 1. The van der Waals surface area contributed by atoms with Crippen molar-refractivity contribution in [3.05, 3.63) is 110 Å². The third-order valence-corrected chi connectivity index (χ3v) is 7.03. The fourth-order valence-electron chi connectivity index (χ4n) is 4.76. The highest BCUT2D eigenvalue weighted by Crippen LogP contribution is 2.42. The zero-order chi connectivity index (χ0) is 27.0. The Morgan fingerprint density at radius 2 is 1.87 bits per heavy atom.